The van der Waals surface area contributed by atoms with Gasteiger partial charge in [0.1, 0.15) is 5.75 Å². The van der Waals surface area contributed by atoms with Crippen molar-refractivity contribution in [1.82, 2.24) is 0 Å². The topological polar surface area (TPSA) is 50.1 Å². The predicted molar refractivity (Wildman–Crippen MR) is 81.4 cm³/mol. The zero-order valence-electron chi connectivity index (χ0n) is 12.0. The van der Waals surface area contributed by atoms with E-state index in [0.717, 1.165) is 5.56 Å². The molecule has 1 atom stereocenters. The Labute approximate surface area is 124 Å². The van der Waals surface area contributed by atoms with Crippen LogP contribution in [-0.4, -0.2) is 12.4 Å². The first-order chi connectivity index (χ1) is 10.3. The quantitative estimate of drug-likeness (QED) is 0.752. The minimum atomic E-state index is -0.460. The van der Waals surface area contributed by atoms with Gasteiger partial charge in [-0.3, -0.25) is 4.79 Å². The fourth-order valence-electron chi connectivity index (χ4n) is 2.28. The summed E-state index contributed by atoms with van der Waals surface area (Å²) in [7, 11) is 0. The highest BCUT2D eigenvalue weighted by atomic mass is 16.5. The number of nitrogens with zero attached hydrogens (tertiary/aromatic N) is 1. The van der Waals surface area contributed by atoms with Crippen LogP contribution in [0.25, 0.3) is 0 Å². The molecule has 0 fully saturated rings. The van der Waals surface area contributed by atoms with Crippen LogP contribution in [0.4, 0.5) is 0 Å². The van der Waals surface area contributed by atoms with Gasteiger partial charge in [0.25, 0.3) is 0 Å². The van der Waals surface area contributed by atoms with E-state index in [9.17, 15) is 4.79 Å². The maximum atomic E-state index is 12.8. The summed E-state index contributed by atoms with van der Waals surface area (Å²) < 4.78 is 5.52. The third-order valence-corrected chi connectivity index (χ3v) is 3.27. The first-order valence-electron chi connectivity index (χ1n) is 6.95. The number of carbonyl (C=O) groups excluding carboxylic acids is 1. The van der Waals surface area contributed by atoms with Gasteiger partial charge in [-0.2, -0.15) is 5.26 Å². The number of benzene rings is 2. The van der Waals surface area contributed by atoms with Crippen molar-refractivity contribution in [1.29, 1.82) is 5.26 Å². The Morgan fingerprint density at radius 2 is 1.81 bits per heavy atom. The summed E-state index contributed by atoms with van der Waals surface area (Å²) in [6.45, 7) is 2.38. The lowest BCUT2D eigenvalue weighted by Gasteiger charge is -2.15. The first-order valence-corrected chi connectivity index (χ1v) is 6.95. The van der Waals surface area contributed by atoms with Crippen LogP contribution in [0.15, 0.2) is 54.6 Å². The molecule has 0 saturated carbocycles. The van der Waals surface area contributed by atoms with E-state index in [1.807, 2.05) is 49.4 Å². The average molecular weight is 279 g/mol. The Balaban J connectivity index is 2.38. The van der Waals surface area contributed by atoms with Crippen LogP contribution < -0.4 is 4.74 Å². The van der Waals surface area contributed by atoms with Crippen molar-refractivity contribution in [3.05, 3.63) is 65.7 Å². The van der Waals surface area contributed by atoms with E-state index in [1.165, 1.54) is 0 Å². The van der Waals surface area contributed by atoms with Crippen molar-refractivity contribution in [2.45, 2.75) is 19.3 Å². The number of ketones is 1. The van der Waals surface area contributed by atoms with Gasteiger partial charge in [-0.25, -0.2) is 0 Å². The predicted octanol–water partition coefficient (Wildman–Crippen LogP) is 3.97. The molecule has 0 aliphatic rings. The molecule has 3 nitrogen and oxygen atoms in total. The maximum absolute atomic E-state index is 12.8. The molecule has 0 aromatic heterocycles. The van der Waals surface area contributed by atoms with Gasteiger partial charge < -0.3 is 4.74 Å². The molecule has 0 aliphatic carbocycles. The van der Waals surface area contributed by atoms with E-state index >= 15 is 0 Å². The lowest BCUT2D eigenvalue weighted by Crippen LogP contribution is -2.14. The molecule has 0 N–H and O–H groups in total. The summed E-state index contributed by atoms with van der Waals surface area (Å²) in [4.78, 5) is 12.8. The van der Waals surface area contributed by atoms with Crippen LogP contribution in [0.3, 0.4) is 0 Å². The van der Waals surface area contributed by atoms with Crippen LogP contribution in [0.2, 0.25) is 0 Å². The molecule has 106 valence electrons. The number of nitriles is 1. The van der Waals surface area contributed by atoms with Crippen molar-refractivity contribution >= 4 is 5.78 Å². The Bertz CT molecular complexity index is 644. The van der Waals surface area contributed by atoms with Gasteiger partial charge >= 0.3 is 0 Å². The molecule has 0 amide bonds. The number of para-hydroxylation sites is 1. The normalized spacial score (nSPS) is 11.4. The molecule has 0 spiro atoms. The number of rotatable bonds is 6. The second kappa shape index (κ2) is 7.25. The first kappa shape index (κ1) is 14.8. The second-order valence-corrected chi connectivity index (χ2v) is 4.62. The van der Waals surface area contributed by atoms with Crippen LogP contribution in [-0.2, 0) is 0 Å². The van der Waals surface area contributed by atoms with Crippen LogP contribution in [0.1, 0.15) is 35.2 Å². The highest BCUT2D eigenvalue weighted by molar-refractivity contribution is 6.03. The van der Waals surface area contributed by atoms with E-state index in [4.69, 9.17) is 10.00 Å². The summed E-state index contributed by atoms with van der Waals surface area (Å²) >= 11 is 0. The molecule has 0 aliphatic heterocycles. The Morgan fingerprint density at radius 1 is 1.14 bits per heavy atom. The van der Waals surface area contributed by atoms with Crippen molar-refractivity contribution in [3.63, 3.8) is 0 Å². The molecule has 2 aromatic carbocycles. The lowest BCUT2D eigenvalue weighted by molar-refractivity contribution is 0.0957. The molecule has 0 radical (unpaired) electrons. The highest BCUT2D eigenvalue weighted by Crippen LogP contribution is 2.28. The summed E-state index contributed by atoms with van der Waals surface area (Å²) in [5, 5.41) is 9.03. The largest absolute Gasteiger partial charge is 0.493 e. The summed E-state index contributed by atoms with van der Waals surface area (Å²) in [6, 6.07) is 18.7. The van der Waals surface area contributed by atoms with Crippen LogP contribution >= 0.6 is 0 Å². The van der Waals surface area contributed by atoms with E-state index in [0.29, 0.717) is 17.9 Å². The van der Waals surface area contributed by atoms with Crippen molar-refractivity contribution < 1.29 is 9.53 Å². The van der Waals surface area contributed by atoms with Crippen molar-refractivity contribution in [2.75, 3.05) is 6.61 Å². The van der Waals surface area contributed by atoms with Gasteiger partial charge in [-0.15, -0.1) is 0 Å². The summed E-state index contributed by atoms with van der Waals surface area (Å²) in [5.74, 6) is 0.0356. The maximum Gasteiger partial charge on any atom is 0.175 e. The minimum Gasteiger partial charge on any atom is -0.493 e. The summed E-state index contributed by atoms with van der Waals surface area (Å²) in [5.41, 5.74) is 1.39. The van der Waals surface area contributed by atoms with Crippen molar-refractivity contribution in [2.24, 2.45) is 0 Å². The van der Waals surface area contributed by atoms with E-state index in [-0.39, 0.29) is 12.2 Å². The number of ether oxygens (including phenoxy) is 1. The zero-order chi connectivity index (χ0) is 15.1. The fraction of sp³-hybridized carbons (Fsp3) is 0.222. The van der Waals surface area contributed by atoms with Crippen LogP contribution in [0, 0.1) is 11.3 Å². The molecular formula is C18H17NO2. The van der Waals surface area contributed by atoms with E-state index in [2.05, 4.69) is 6.07 Å². The van der Waals surface area contributed by atoms with Crippen LogP contribution in [0.5, 0.6) is 5.75 Å². The molecule has 0 bridgehead atoms. The molecule has 1 unspecified atom stereocenters. The third-order valence-electron chi connectivity index (χ3n) is 3.27. The number of hydrogen-bond acceptors (Lipinski definition) is 3. The Hall–Kier alpha value is -2.60. The Kier molecular flexibility index (Phi) is 5.11. The van der Waals surface area contributed by atoms with Crippen molar-refractivity contribution in [3.8, 4) is 11.8 Å². The molecule has 2 aromatic rings. The second-order valence-electron chi connectivity index (χ2n) is 4.62. The molecular weight excluding hydrogens is 262 g/mol. The van der Waals surface area contributed by atoms with Gasteiger partial charge in [-0.05, 0) is 24.6 Å². The fourth-order valence-corrected chi connectivity index (χ4v) is 2.28. The molecule has 0 heterocycles. The van der Waals surface area contributed by atoms with Gasteiger partial charge in [-0.1, -0.05) is 42.5 Å². The standard InChI is InChI=1S/C18H17NO2/c1-2-21-17-11-7-6-10-16(17)18(20)15(12-13-19)14-8-4-3-5-9-14/h3-11,15H,2,12H2,1H3. The SMILES string of the molecule is CCOc1ccccc1C(=O)C(CC#N)c1ccccc1. The van der Waals surface area contributed by atoms with Gasteiger partial charge in [0.05, 0.1) is 24.2 Å². The number of hydrogen-bond donors (Lipinski definition) is 0. The third kappa shape index (κ3) is 3.49. The van der Waals surface area contributed by atoms with E-state index in [1.54, 1.807) is 12.1 Å². The zero-order valence-corrected chi connectivity index (χ0v) is 12.0. The average Bonchev–Trinajstić information content (AvgIpc) is 2.54. The molecule has 3 heteroatoms. The smallest absolute Gasteiger partial charge is 0.175 e. The monoisotopic (exact) mass is 279 g/mol. The minimum absolute atomic E-state index is 0.0770. The van der Waals surface area contributed by atoms with Gasteiger partial charge in [0, 0.05) is 6.42 Å². The summed E-state index contributed by atoms with van der Waals surface area (Å²) in [6.07, 6.45) is 0.156. The Morgan fingerprint density at radius 3 is 2.48 bits per heavy atom. The number of Topliss-reactive ketones (excluding diaryl/α,β-unsaturated/α-hetero) is 1. The molecule has 21 heavy (non-hydrogen) atoms. The van der Waals surface area contributed by atoms with E-state index < -0.39 is 5.92 Å². The highest BCUT2D eigenvalue weighted by Gasteiger charge is 2.24. The van der Waals surface area contributed by atoms with Gasteiger partial charge in [0.15, 0.2) is 5.78 Å². The molecule has 0 saturated heterocycles. The molecule has 2 rings (SSSR count). The van der Waals surface area contributed by atoms with Gasteiger partial charge in [0.2, 0.25) is 0 Å². The lowest BCUT2D eigenvalue weighted by atomic mass is 9.88. The number of carbonyl (C=O) groups is 1.